The molecule has 7 nitrogen and oxygen atoms in total. The Balaban J connectivity index is 1.43. The van der Waals surface area contributed by atoms with Crippen molar-refractivity contribution in [2.24, 2.45) is 5.92 Å². The second kappa shape index (κ2) is 9.80. The van der Waals surface area contributed by atoms with Crippen LogP contribution in [0.5, 0.6) is 0 Å². The number of amides is 1. The van der Waals surface area contributed by atoms with Crippen LogP contribution >= 0.6 is 0 Å². The zero-order valence-electron chi connectivity index (χ0n) is 17.1. The Morgan fingerprint density at radius 1 is 1.32 bits per heavy atom. The molecule has 2 aromatic rings. The van der Waals surface area contributed by atoms with Crippen LogP contribution in [-0.4, -0.2) is 66.1 Å². The summed E-state index contributed by atoms with van der Waals surface area (Å²) >= 11 is 0. The van der Waals surface area contributed by atoms with Gasteiger partial charge in [-0.2, -0.15) is 4.98 Å². The van der Waals surface area contributed by atoms with Crippen molar-refractivity contribution in [2.45, 2.75) is 32.7 Å². The summed E-state index contributed by atoms with van der Waals surface area (Å²) in [5.74, 6) is 1.56. The standard InChI is InChI=1S/C21H31N5O2/c1-16-6-4-7-18(14-16)20-23-19(28-24-20)15-26-12-8-17(9-13-26)21(27)22-10-5-11-25(2)3/h4,6-7,14,17H,5,8-13,15H2,1-3H3,(H,22,27). The van der Waals surface area contributed by atoms with E-state index in [-0.39, 0.29) is 11.8 Å². The zero-order chi connectivity index (χ0) is 19.9. The molecule has 0 unspecified atom stereocenters. The molecule has 0 aliphatic carbocycles. The van der Waals surface area contributed by atoms with Crippen LogP contribution in [0, 0.1) is 12.8 Å². The molecule has 1 aliphatic rings. The summed E-state index contributed by atoms with van der Waals surface area (Å²) in [7, 11) is 4.09. The average Bonchev–Trinajstić information content (AvgIpc) is 3.14. The van der Waals surface area contributed by atoms with E-state index in [0.29, 0.717) is 18.3 Å². The number of aryl methyl sites for hydroxylation is 1. The van der Waals surface area contributed by atoms with Crippen LogP contribution in [-0.2, 0) is 11.3 Å². The summed E-state index contributed by atoms with van der Waals surface area (Å²) in [4.78, 5) is 21.3. The molecule has 2 heterocycles. The van der Waals surface area contributed by atoms with Crippen LogP contribution in [0.25, 0.3) is 11.4 Å². The van der Waals surface area contributed by atoms with Gasteiger partial charge in [-0.25, -0.2) is 0 Å². The highest BCUT2D eigenvalue weighted by molar-refractivity contribution is 5.78. The Kier molecular flexibility index (Phi) is 7.17. The number of carbonyl (C=O) groups excluding carboxylic acids is 1. The number of nitrogens with one attached hydrogen (secondary N) is 1. The molecule has 7 heteroatoms. The van der Waals surface area contributed by atoms with Gasteiger partial charge in [-0.05, 0) is 66.0 Å². The lowest BCUT2D eigenvalue weighted by Gasteiger charge is -2.30. The Morgan fingerprint density at radius 3 is 2.82 bits per heavy atom. The fourth-order valence-corrected chi connectivity index (χ4v) is 3.52. The summed E-state index contributed by atoms with van der Waals surface area (Å²) in [6, 6.07) is 8.09. The van der Waals surface area contributed by atoms with E-state index in [1.807, 2.05) is 39.2 Å². The summed E-state index contributed by atoms with van der Waals surface area (Å²) in [5, 5.41) is 7.18. The van der Waals surface area contributed by atoms with Gasteiger partial charge in [0.05, 0.1) is 6.54 Å². The van der Waals surface area contributed by atoms with E-state index in [0.717, 1.165) is 51.0 Å². The van der Waals surface area contributed by atoms with Gasteiger partial charge in [-0.3, -0.25) is 9.69 Å². The van der Waals surface area contributed by atoms with Gasteiger partial charge in [0.25, 0.3) is 0 Å². The number of nitrogens with zero attached hydrogens (tertiary/aromatic N) is 4. The first-order chi connectivity index (χ1) is 13.5. The van der Waals surface area contributed by atoms with Crippen molar-refractivity contribution in [3.8, 4) is 11.4 Å². The Morgan fingerprint density at radius 2 is 2.11 bits per heavy atom. The molecular weight excluding hydrogens is 354 g/mol. The Hall–Kier alpha value is -2.25. The molecule has 0 saturated carbocycles. The minimum Gasteiger partial charge on any atom is -0.356 e. The summed E-state index contributed by atoms with van der Waals surface area (Å²) in [5.41, 5.74) is 2.14. The molecule has 0 spiro atoms. The van der Waals surface area contributed by atoms with Crippen molar-refractivity contribution in [3.63, 3.8) is 0 Å². The summed E-state index contributed by atoms with van der Waals surface area (Å²) in [6.45, 7) is 6.17. The Labute approximate surface area is 167 Å². The van der Waals surface area contributed by atoms with Gasteiger partial charge in [-0.1, -0.05) is 28.9 Å². The maximum Gasteiger partial charge on any atom is 0.241 e. The van der Waals surface area contributed by atoms with Crippen LogP contribution in [0.15, 0.2) is 28.8 Å². The van der Waals surface area contributed by atoms with Gasteiger partial charge in [0.15, 0.2) is 0 Å². The normalized spacial score (nSPS) is 15.9. The molecule has 0 radical (unpaired) electrons. The maximum absolute atomic E-state index is 12.3. The van der Waals surface area contributed by atoms with E-state index in [4.69, 9.17) is 4.52 Å². The number of aromatic nitrogens is 2. The predicted molar refractivity (Wildman–Crippen MR) is 109 cm³/mol. The third-order valence-corrected chi connectivity index (χ3v) is 5.14. The van der Waals surface area contributed by atoms with E-state index in [2.05, 4.69) is 31.3 Å². The number of hydrogen-bond donors (Lipinski definition) is 1. The van der Waals surface area contributed by atoms with Crippen molar-refractivity contribution < 1.29 is 9.32 Å². The molecular formula is C21H31N5O2. The highest BCUT2D eigenvalue weighted by Gasteiger charge is 2.25. The fourth-order valence-electron chi connectivity index (χ4n) is 3.52. The number of likely N-dealkylation sites (tertiary alicyclic amines) is 1. The van der Waals surface area contributed by atoms with E-state index in [1.54, 1.807) is 0 Å². The number of hydrogen-bond acceptors (Lipinski definition) is 6. The third-order valence-electron chi connectivity index (χ3n) is 5.14. The van der Waals surface area contributed by atoms with E-state index in [9.17, 15) is 4.79 Å². The van der Waals surface area contributed by atoms with Gasteiger partial charge < -0.3 is 14.7 Å². The van der Waals surface area contributed by atoms with Gasteiger partial charge in [0.1, 0.15) is 0 Å². The van der Waals surface area contributed by atoms with Crippen LogP contribution in [0.4, 0.5) is 0 Å². The number of carbonyl (C=O) groups is 1. The van der Waals surface area contributed by atoms with Crippen molar-refractivity contribution in [3.05, 3.63) is 35.7 Å². The third kappa shape index (κ3) is 5.87. The van der Waals surface area contributed by atoms with E-state index >= 15 is 0 Å². The van der Waals surface area contributed by atoms with Crippen LogP contribution < -0.4 is 5.32 Å². The molecule has 0 atom stereocenters. The maximum atomic E-state index is 12.3. The molecule has 1 saturated heterocycles. The van der Waals surface area contributed by atoms with Crippen LogP contribution in [0.2, 0.25) is 0 Å². The van der Waals surface area contributed by atoms with Crippen molar-refractivity contribution in [2.75, 3.05) is 40.3 Å². The molecule has 28 heavy (non-hydrogen) atoms. The monoisotopic (exact) mass is 385 g/mol. The largest absolute Gasteiger partial charge is 0.356 e. The zero-order valence-corrected chi connectivity index (χ0v) is 17.1. The lowest BCUT2D eigenvalue weighted by atomic mass is 9.96. The highest BCUT2D eigenvalue weighted by atomic mass is 16.5. The molecule has 1 amide bonds. The van der Waals surface area contributed by atoms with E-state index in [1.165, 1.54) is 5.56 Å². The lowest BCUT2D eigenvalue weighted by Crippen LogP contribution is -2.40. The first-order valence-corrected chi connectivity index (χ1v) is 10.1. The molecule has 1 aromatic heterocycles. The summed E-state index contributed by atoms with van der Waals surface area (Å²) in [6.07, 6.45) is 2.73. The second-order valence-corrected chi connectivity index (χ2v) is 7.88. The molecule has 1 N–H and O–H groups in total. The minimum absolute atomic E-state index is 0.112. The molecule has 3 rings (SSSR count). The van der Waals surface area contributed by atoms with Crippen LogP contribution in [0.1, 0.15) is 30.7 Å². The van der Waals surface area contributed by atoms with E-state index < -0.39 is 0 Å². The first kappa shape index (κ1) is 20.5. The summed E-state index contributed by atoms with van der Waals surface area (Å²) < 4.78 is 5.43. The van der Waals surface area contributed by atoms with Crippen LogP contribution in [0.3, 0.4) is 0 Å². The number of piperidine rings is 1. The van der Waals surface area contributed by atoms with Crippen molar-refractivity contribution >= 4 is 5.91 Å². The second-order valence-electron chi connectivity index (χ2n) is 7.88. The SMILES string of the molecule is Cc1cccc(-c2noc(CN3CCC(C(=O)NCCCN(C)C)CC3)n2)c1. The van der Waals surface area contributed by atoms with Crippen molar-refractivity contribution in [1.29, 1.82) is 0 Å². The van der Waals surface area contributed by atoms with Gasteiger partial charge in [0, 0.05) is 18.0 Å². The fraction of sp³-hybridized carbons (Fsp3) is 0.571. The quantitative estimate of drug-likeness (QED) is 0.703. The first-order valence-electron chi connectivity index (χ1n) is 10.1. The van der Waals surface area contributed by atoms with Gasteiger partial charge >= 0.3 is 0 Å². The van der Waals surface area contributed by atoms with Gasteiger partial charge in [0.2, 0.25) is 17.6 Å². The minimum atomic E-state index is 0.112. The number of rotatable bonds is 8. The molecule has 0 bridgehead atoms. The number of benzene rings is 1. The molecule has 1 aliphatic heterocycles. The lowest BCUT2D eigenvalue weighted by molar-refractivity contribution is -0.126. The molecule has 1 aromatic carbocycles. The topological polar surface area (TPSA) is 74.5 Å². The highest BCUT2D eigenvalue weighted by Crippen LogP contribution is 2.21. The molecule has 1 fully saturated rings. The Bertz CT molecular complexity index is 766. The smallest absolute Gasteiger partial charge is 0.241 e. The molecule has 152 valence electrons. The average molecular weight is 386 g/mol. The van der Waals surface area contributed by atoms with Gasteiger partial charge in [-0.15, -0.1) is 0 Å². The predicted octanol–water partition coefficient (Wildman–Crippen LogP) is 2.32. The van der Waals surface area contributed by atoms with Crippen molar-refractivity contribution in [1.82, 2.24) is 25.3 Å².